The van der Waals surface area contributed by atoms with E-state index in [9.17, 15) is 60.7 Å². The molecule has 4 rings (SSSR count). The van der Waals surface area contributed by atoms with Crippen LogP contribution in [0.2, 0.25) is 0 Å². The molecule has 4 heterocycles. The predicted molar refractivity (Wildman–Crippen MR) is 144 cm³/mol. The first-order valence-electron chi connectivity index (χ1n) is 14.7. The van der Waals surface area contributed by atoms with Gasteiger partial charge in [0.05, 0.1) is 25.5 Å². The molecular formula is C26H42N2O19. The molecule has 0 aromatic carbocycles. The van der Waals surface area contributed by atoms with Gasteiger partial charge < -0.3 is 79.6 Å². The summed E-state index contributed by atoms with van der Waals surface area (Å²) in [6.45, 7) is 0.374. The molecule has 4 aliphatic rings. The number of amides is 1. The molecule has 10 N–H and O–H groups in total. The van der Waals surface area contributed by atoms with Gasteiger partial charge in [-0.15, -0.1) is 5.06 Å². The number of aliphatic hydroxyl groups excluding tert-OH is 10. The molecule has 270 valence electrons. The number of hydroxylamine groups is 4. The highest BCUT2D eigenvalue weighted by atomic mass is 16.8. The van der Waals surface area contributed by atoms with Crippen molar-refractivity contribution in [2.75, 3.05) is 33.5 Å². The summed E-state index contributed by atoms with van der Waals surface area (Å²) in [7, 11) is 1.23. The van der Waals surface area contributed by atoms with Crippen LogP contribution in [0.1, 0.15) is 12.8 Å². The van der Waals surface area contributed by atoms with Gasteiger partial charge in [-0.1, -0.05) is 6.58 Å². The second-order valence-corrected chi connectivity index (χ2v) is 11.4. The number of likely N-dealkylation sites (N-methyl/N-ethyl adjacent to an activating group) is 1. The van der Waals surface area contributed by atoms with Crippen LogP contribution in [0.3, 0.4) is 0 Å². The molecule has 0 bridgehead atoms. The van der Waals surface area contributed by atoms with Crippen molar-refractivity contribution in [2.24, 2.45) is 0 Å². The van der Waals surface area contributed by atoms with Crippen molar-refractivity contribution in [3.63, 3.8) is 0 Å². The average Bonchev–Trinajstić information content (AvgIpc) is 3.37. The maximum Gasteiger partial charge on any atom is 0.360 e. The smallest absolute Gasteiger partial charge is 0.360 e. The fraction of sp³-hybridized carbons (Fsp3) is 0.846. The van der Waals surface area contributed by atoms with Crippen molar-refractivity contribution < 1.29 is 94.0 Å². The molecule has 21 nitrogen and oxygen atoms in total. The standard InChI is InChI=1S/C26H42N2O19/c1-9-3-4-13(32)28(9)47-14(33)8-41-27(2)24-19(38)18(37)22(12(7-31)42-24)45-26-21(40)23(16(35)11(6-30)44-26)46-25-20(39)17(36)15(34)10(5-29)43-25/h10-12,15-26,29-31,34-40H,1,3-8H2,2H3. The normalized spacial score (nSPS) is 43.1. The maximum absolute atomic E-state index is 12.2. The minimum atomic E-state index is -1.97. The first kappa shape index (κ1) is 37.8. The second kappa shape index (κ2) is 16.1. The van der Waals surface area contributed by atoms with E-state index in [1.807, 2.05) is 0 Å². The van der Waals surface area contributed by atoms with E-state index in [-0.39, 0.29) is 12.1 Å². The third-order valence-electron chi connectivity index (χ3n) is 8.17. The molecule has 1 amide bonds. The molecule has 0 spiro atoms. The lowest BCUT2D eigenvalue weighted by Crippen LogP contribution is -2.67. The summed E-state index contributed by atoms with van der Waals surface area (Å²) < 4.78 is 27.5. The molecule has 0 radical (unpaired) electrons. The Labute approximate surface area is 267 Å². The van der Waals surface area contributed by atoms with Crippen molar-refractivity contribution in [1.82, 2.24) is 10.1 Å². The average molecular weight is 687 g/mol. The maximum atomic E-state index is 12.2. The first-order chi connectivity index (χ1) is 22.2. The Hall–Kier alpha value is -2.00. The van der Waals surface area contributed by atoms with Gasteiger partial charge in [-0.25, -0.2) is 4.79 Å². The van der Waals surface area contributed by atoms with E-state index in [2.05, 4.69) is 6.58 Å². The summed E-state index contributed by atoms with van der Waals surface area (Å²) in [6.07, 6.45) is -25.5. The molecule has 47 heavy (non-hydrogen) atoms. The van der Waals surface area contributed by atoms with E-state index < -0.39 is 130 Å². The summed E-state index contributed by atoms with van der Waals surface area (Å²) in [4.78, 5) is 34.2. The molecular weight excluding hydrogens is 644 g/mol. The highest BCUT2D eigenvalue weighted by Gasteiger charge is 2.54. The lowest BCUT2D eigenvalue weighted by atomic mass is 9.95. The SMILES string of the molecule is C=C1CCC(=O)N1OC(=O)CON(C)C1OC(CO)C(OC2OC(CO)C(O)C(OC3OC(CO)C(O)C(O)C3O)C2O)C(O)C1O. The van der Waals surface area contributed by atoms with Crippen molar-refractivity contribution >= 4 is 11.9 Å². The fourth-order valence-electron chi connectivity index (χ4n) is 5.45. The second-order valence-electron chi connectivity index (χ2n) is 11.4. The van der Waals surface area contributed by atoms with Gasteiger partial charge in [-0.2, -0.15) is 5.06 Å². The Morgan fingerprint density at radius 1 is 0.766 bits per heavy atom. The summed E-state index contributed by atoms with van der Waals surface area (Å²) in [5.41, 5.74) is 0.279. The first-order valence-corrected chi connectivity index (χ1v) is 14.7. The molecule has 15 atom stereocenters. The van der Waals surface area contributed by atoms with Gasteiger partial charge in [0.1, 0.15) is 73.2 Å². The Morgan fingerprint density at radius 2 is 1.34 bits per heavy atom. The topological polar surface area (TPSA) is 308 Å². The van der Waals surface area contributed by atoms with Crippen LogP contribution in [0.15, 0.2) is 12.3 Å². The number of rotatable bonds is 12. The number of allylic oxidation sites excluding steroid dienone is 1. The number of aliphatic hydroxyl groups is 10. The molecule has 0 aromatic heterocycles. The van der Waals surface area contributed by atoms with Gasteiger partial charge in [0.25, 0.3) is 5.91 Å². The van der Waals surface area contributed by atoms with Crippen LogP contribution in [0.4, 0.5) is 0 Å². The van der Waals surface area contributed by atoms with Crippen LogP contribution in [0.5, 0.6) is 0 Å². The number of hydrogen-bond acceptors (Lipinski definition) is 20. The predicted octanol–water partition coefficient (Wildman–Crippen LogP) is -7.11. The number of carbonyl (C=O) groups excluding carboxylic acids is 2. The molecule has 0 aliphatic carbocycles. The largest absolute Gasteiger partial charge is 0.394 e. The summed E-state index contributed by atoms with van der Waals surface area (Å²) >= 11 is 0. The zero-order chi connectivity index (χ0) is 34.7. The van der Waals surface area contributed by atoms with Crippen LogP contribution in [-0.4, -0.2) is 199 Å². The zero-order valence-electron chi connectivity index (χ0n) is 25.2. The molecule has 15 unspecified atom stereocenters. The van der Waals surface area contributed by atoms with Gasteiger partial charge in [-0.05, 0) is 6.42 Å². The highest BCUT2D eigenvalue weighted by Crippen LogP contribution is 2.33. The Kier molecular flexibility index (Phi) is 13.0. The van der Waals surface area contributed by atoms with Crippen molar-refractivity contribution in [2.45, 2.75) is 105 Å². The van der Waals surface area contributed by atoms with E-state index in [1.54, 1.807) is 0 Å². The van der Waals surface area contributed by atoms with Gasteiger partial charge in [0.2, 0.25) is 0 Å². The molecule has 4 fully saturated rings. The van der Waals surface area contributed by atoms with Gasteiger partial charge >= 0.3 is 5.97 Å². The minimum Gasteiger partial charge on any atom is -0.394 e. The Bertz CT molecular complexity index is 1070. The van der Waals surface area contributed by atoms with Crippen LogP contribution in [0.25, 0.3) is 0 Å². The third-order valence-corrected chi connectivity index (χ3v) is 8.17. The van der Waals surface area contributed by atoms with E-state index in [1.165, 1.54) is 7.05 Å². The quantitative estimate of drug-likeness (QED) is 0.0853. The number of hydrogen-bond donors (Lipinski definition) is 10. The molecule has 0 saturated carbocycles. The number of carbonyl (C=O) groups is 2. The minimum absolute atomic E-state index is 0.120. The lowest BCUT2D eigenvalue weighted by Gasteiger charge is -2.48. The Balaban J connectivity index is 1.40. The van der Waals surface area contributed by atoms with Gasteiger partial charge in [0, 0.05) is 13.5 Å². The fourth-order valence-corrected chi connectivity index (χ4v) is 5.45. The molecule has 4 aliphatic heterocycles. The van der Waals surface area contributed by atoms with Crippen molar-refractivity contribution in [3.8, 4) is 0 Å². The van der Waals surface area contributed by atoms with E-state index in [4.69, 9.17) is 33.4 Å². The molecule has 0 aromatic rings. The van der Waals surface area contributed by atoms with Crippen molar-refractivity contribution in [3.05, 3.63) is 12.3 Å². The molecule has 21 heteroatoms. The highest BCUT2D eigenvalue weighted by molar-refractivity contribution is 5.82. The summed E-state index contributed by atoms with van der Waals surface area (Å²) in [5.74, 6) is -1.47. The zero-order valence-corrected chi connectivity index (χ0v) is 25.2. The van der Waals surface area contributed by atoms with Crippen molar-refractivity contribution in [1.29, 1.82) is 0 Å². The monoisotopic (exact) mass is 686 g/mol. The lowest BCUT2D eigenvalue weighted by molar-refractivity contribution is -0.383. The van der Waals surface area contributed by atoms with Gasteiger partial charge in [0.15, 0.2) is 25.4 Å². The summed E-state index contributed by atoms with van der Waals surface area (Å²) in [6, 6.07) is 0. The van der Waals surface area contributed by atoms with Gasteiger partial charge in [-0.3, -0.25) is 9.63 Å². The van der Waals surface area contributed by atoms with E-state index in [0.717, 1.165) is 10.1 Å². The number of ether oxygens (including phenoxy) is 5. The van der Waals surface area contributed by atoms with Crippen LogP contribution < -0.4 is 0 Å². The van der Waals surface area contributed by atoms with E-state index >= 15 is 0 Å². The third kappa shape index (κ3) is 8.08. The summed E-state index contributed by atoms with van der Waals surface area (Å²) in [5, 5.41) is 105. The van der Waals surface area contributed by atoms with Crippen LogP contribution in [-0.2, 0) is 42.9 Å². The Morgan fingerprint density at radius 3 is 1.91 bits per heavy atom. The van der Waals surface area contributed by atoms with E-state index in [0.29, 0.717) is 6.42 Å². The number of nitrogens with zero attached hydrogens (tertiary/aromatic N) is 2. The molecule has 4 saturated heterocycles. The van der Waals surface area contributed by atoms with Crippen LogP contribution >= 0.6 is 0 Å². The van der Waals surface area contributed by atoms with Crippen LogP contribution in [0, 0.1) is 0 Å².